The third-order valence-electron chi connectivity index (χ3n) is 14.2. The Morgan fingerprint density at radius 2 is 1.72 bits per heavy atom. The minimum atomic E-state index is -1.58. The normalized spacial score (nSPS) is 53.5. The predicted octanol–water partition coefficient (Wildman–Crippen LogP) is 0.258. The number of hydrogen-bond donors (Lipinski definition) is 6. The van der Waals surface area contributed by atoms with E-state index in [1.165, 1.54) is 7.11 Å². The summed E-state index contributed by atoms with van der Waals surface area (Å²) in [5.41, 5.74) is -2.86. The smallest absolute Gasteiger partial charge is 0.331 e. The highest BCUT2D eigenvalue weighted by Gasteiger charge is 2.71. The summed E-state index contributed by atoms with van der Waals surface area (Å²) < 4.78 is 35.2. The molecule has 14 nitrogen and oxygen atoms in total. The number of fused-ring (bicyclic) bond motifs is 5. The summed E-state index contributed by atoms with van der Waals surface area (Å²) >= 11 is 0. The van der Waals surface area contributed by atoms with Gasteiger partial charge in [0.25, 0.3) is 0 Å². The summed E-state index contributed by atoms with van der Waals surface area (Å²) in [6, 6.07) is 0. The van der Waals surface area contributed by atoms with E-state index in [0.29, 0.717) is 44.9 Å². The van der Waals surface area contributed by atoms with E-state index in [0.717, 1.165) is 18.3 Å². The van der Waals surface area contributed by atoms with Crippen LogP contribution in [-0.2, 0) is 38.0 Å². The average molecular weight is 711 g/mol. The van der Waals surface area contributed by atoms with Crippen LogP contribution in [0.25, 0.3) is 0 Å². The lowest BCUT2D eigenvalue weighted by atomic mass is 9.41. The first-order valence-corrected chi connectivity index (χ1v) is 18.3. The van der Waals surface area contributed by atoms with Gasteiger partial charge in [-0.2, -0.15) is 0 Å². The molecule has 282 valence electrons. The van der Waals surface area contributed by atoms with Crippen LogP contribution in [0, 0.1) is 28.6 Å². The molecular formula is C36H54O14. The van der Waals surface area contributed by atoms with Crippen molar-refractivity contribution in [1.29, 1.82) is 0 Å². The van der Waals surface area contributed by atoms with Gasteiger partial charge in [0.2, 0.25) is 0 Å². The van der Waals surface area contributed by atoms with E-state index in [9.17, 15) is 40.2 Å². The Balaban J connectivity index is 1.01. The molecule has 7 rings (SSSR count). The minimum absolute atomic E-state index is 0.0352. The molecule has 14 heteroatoms. The van der Waals surface area contributed by atoms with E-state index in [2.05, 4.69) is 6.92 Å². The third kappa shape index (κ3) is 5.55. The first-order valence-electron chi connectivity index (χ1n) is 18.3. The molecule has 4 saturated carbocycles. The van der Waals surface area contributed by atoms with Crippen molar-refractivity contribution in [3.63, 3.8) is 0 Å². The van der Waals surface area contributed by atoms with Crippen LogP contribution in [0.4, 0.5) is 0 Å². The number of aliphatic hydroxyl groups is 6. The standard InChI is InChI=1S/C36H54O14/c1-18-31(50-32-30(42)29(41)28(40)25(15-37)49-32)24(45-3)13-27(47-18)48-20-4-9-34(17-38)22-5-8-33(2)21(19-12-26(39)46-16-19)7-11-36(33,44)23(22)6-10-35(34,43)14-20/h12,17-18,20-25,27-32,37,40-44H,4-11,13-16H2,1-3H3/t18-,20+,21-,22+,23-,24+,25-,27+,28-,29+,30-,31?,32?,33-,34+,35+,36+/m1/s1. The van der Waals surface area contributed by atoms with E-state index in [-0.39, 0.29) is 43.2 Å². The Kier molecular flexibility index (Phi) is 9.84. The minimum Gasteiger partial charge on any atom is -0.458 e. The number of carbonyl (C=O) groups is 2. The number of rotatable bonds is 8. The lowest BCUT2D eigenvalue weighted by Gasteiger charge is -2.65. The zero-order valence-corrected chi connectivity index (χ0v) is 29.1. The topological polar surface area (TPSA) is 211 Å². The molecule has 0 radical (unpaired) electrons. The van der Waals surface area contributed by atoms with Crippen LogP contribution in [0.15, 0.2) is 11.6 Å². The van der Waals surface area contributed by atoms with Gasteiger partial charge >= 0.3 is 5.97 Å². The summed E-state index contributed by atoms with van der Waals surface area (Å²) in [7, 11) is 1.51. The van der Waals surface area contributed by atoms with Crippen LogP contribution < -0.4 is 0 Å². The first kappa shape index (κ1) is 36.8. The van der Waals surface area contributed by atoms with Crippen molar-refractivity contribution < 1.29 is 68.6 Å². The average Bonchev–Trinajstić information content (AvgIpc) is 3.64. The van der Waals surface area contributed by atoms with Gasteiger partial charge in [-0.1, -0.05) is 6.92 Å². The maximum atomic E-state index is 13.2. The summed E-state index contributed by atoms with van der Waals surface area (Å²) in [6.07, 6.45) is -2.52. The molecule has 3 heterocycles. The molecule has 0 aromatic carbocycles. The van der Waals surface area contributed by atoms with Crippen molar-refractivity contribution >= 4 is 12.3 Å². The lowest BCUT2D eigenvalue weighted by molar-refractivity contribution is -0.346. The van der Waals surface area contributed by atoms with Crippen LogP contribution in [-0.4, -0.2) is 136 Å². The van der Waals surface area contributed by atoms with Gasteiger partial charge in [-0.05, 0) is 81.6 Å². The molecule has 2 unspecified atom stereocenters. The van der Waals surface area contributed by atoms with Crippen molar-refractivity contribution in [2.24, 2.45) is 28.6 Å². The van der Waals surface area contributed by atoms with Gasteiger partial charge in [-0.3, -0.25) is 0 Å². The number of esters is 1. The molecule has 6 N–H and O–H groups in total. The molecule has 17 atom stereocenters. The molecule has 0 aromatic heterocycles. The SMILES string of the molecule is CO[C@H]1C[C@H](O[C@H]2CC[C@]3(C=O)[C@H]4CC[C@]5(C)[C@@H](C6=CC(=O)OC6)CC[C@]5(O)[C@@H]4CC[C@]3(O)C2)O[C@H](C)C1OC1O[C@H](CO)[C@@H](O)[C@H](O)[C@H]1O. The number of aldehydes is 1. The molecule has 0 spiro atoms. The number of ether oxygens (including phenoxy) is 6. The second kappa shape index (κ2) is 13.4. The Labute approximate surface area is 292 Å². The summed E-state index contributed by atoms with van der Waals surface area (Å²) in [5, 5.41) is 65.3. The second-order valence-corrected chi connectivity index (χ2v) is 16.3. The molecule has 0 aromatic rings. The Morgan fingerprint density at radius 1 is 0.960 bits per heavy atom. The van der Waals surface area contributed by atoms with Crippen LogP contribution in [0.2, 0.25) is 0 Å². The second-order valence-electron chi connectivity index (χ2n) is 16.3. The highest BCUT2D eigenvalue weighted by atomic mass is 16.7. The molecule has 3 aliphatic heterocycles. The van der Waals surface area contributed by atoms with E-state index in [4.69, 9.17) is 28.4 Å². The van der Waals surface area contributed by atoms with Gasteiger partial charge in [0.1, 0.15) is 43.4 Å². The Morgan fingerprint density at radius 3 is 2.40 bits per heavy atom. The third-order valence-corrected chi connectivity index (χ3v) is 14.2. The fourth-order valence-corrected chi connectivity index (χ4v) is 11.5. The fraction of sp³-hybridized carbons (Fsp3) is 0.889. The molecule has 0 bridgehead atoms. The number of aliphatic hydroxyl groups excluding tert-OH is 4. The highest BCUT2D eigenvalue weighted by Crippen LogP contribution is 2.70. The van der Waals surface area contributed by atoms with E-state index < -0.39 is 90.1 Å². The van der Waals surface area contributed by atoms with Crippen molar-refractivity contribution in [2.75, 3.05) is 20.3 Å². The van der Waals surface area contributed by atoms with Gasteiger partial charge in [-0.15, -0.1) is 0 Å². The fourth-order valence-electron chi connectivity index (χ4n) is 11.5. The van der Waals surface area contributed by atoms with Crippen molar-refractivity contribution in [3.8, 4) is 0 Å². The highest BCUT2D eigenvalue weighted by molar-refractivity contribution is 5.85. The van der Waals surface area contributed by atoms with Gasteiger partial charge < -0.3 is 63.9 Å². The van der Waals surface area contributed by atoms with E-state index in [1.807, 2.05) is 0 Å². The van der Waals surface area contributed by atoms with Crippen molar-refractivity contribution in [3.05, 3.63) is 11.6 Å². The van der Waals surface area contributed by atoms with Crippen LogP contribution in [0.3, 0.4) is 0 Å². The van der Waals surface area contributed by atoms with Crippen molar-refractivity contribution in [2.45, 2.75) is 151 Å². The maximum Gasteiger partial charge on any atom is 0.331 e. The van der Waals surface area contributed by atoms with Crippen LogP contribution in [0.1, 0.15) is 78.1 Å². The van der Waals surface area contributed by atoms with Crippen LogP contribution in [0.5, 0.6) is 0 Å². The molecule has 2 saturated heterocycles. The monoisotopic (exact) mass is 710 g/mol. The van der Waals surface area contributed by atoms with Gasteiger partial charge in [0.05, 0.1) is 41.5 Å². The number of hydrogen-bond acceptors (Lipinski definition) is 14. The van der Waals surface area contributed by atoms with E-state index in [1.54, 1.807) is 13.0 Å². The Hall–Kier alpha value is -1.56. The summed E-state index contributed by atoms with van der Waals surface area (Å²) in [6.45, 7) is 3.57. The number of methoxy groups -OCH3 is 1. The zero-order valence-electron chi connectivity index (χ0n) is 29.1. The molecule has 4 aliphatic carbocycles. The first-order chi connectivity index (χ1) is 23.7. The van der Waals surface area contributed by atoms with Crippen molar-refractivity contribution in [1.82, 2.24) is 0 Å². The molecule has 6 fully saturated rings. The number of cyclic esters (lactones) is 1. The molecule has 50 heavy (non-hydrogen) atoms. The summed E-state index contributed by atoms with van der Waals surface area (Å²) in [5.74, 6) is -0.635. The van der Waals surface area contributed by atoms with E-state index >= 15 is 0 Å². The predicted molar refractivity (Wildman–Crippen MR) is 171 cm³/mol. The zero-order chi connectivity index (χ0) is 35.8. The molecule has 7 aliphatic rings. The van der Waals surface area contributed by atoms with Gasteiger partial charge in [0, 0.05) is 31.4 Å². The Bertz CT molecular complexity index is 1330. The van der Waals surface area contributed by atoms with Crippen LogP contribution >= 0.6 is 0 Å². The van der Waals surface area contributed by atoms with Gasteiger partial charge in [0.15, 0.2) is 12.6 Å². The lowest BCUT2D eigenvalue weighted by Crippen LogP contribution is -2.69. The maximum absolute atomic E-state index is 13.2. The van der Waals surface area contributed by atoms with Gasteiger partial charge in [-0.25, -0.2) is 4.79 Å². The summed E-state index contributed by atoms with van der Waals surface area (Å²) in [4.78, 5) is 25.1. The quantitative estimate of drug-likeness (QED) is 0.113. The molecule has 0 amide bonds. The molecular weight excluding hydrogens is 656 g/mol. The largest absolute Gasteiger partial charge is 0.458 e. The number of carbonyl (C=O) groups excluding carboxylic acids is 2.